The normalized spacial score (nSPS) is 18.1. The van der Waals surface area contributed by atoms with E-state index in [4.69, 9.17) is 12.2 Å². The fourth-order valence-corrected chi connectivity index (χ4v) is 4.65. The number of nitrogens with one attached hydrogen (secondary N) is 2. The Labute approximate surface area is 207 Å². The molecule has 2 aromatic heterocycles. The summed E-state index contributed by atoms with van der Waals surface area (Å²) in [4.78, 5) is 19.6. The first-order valence-corrected chi connectivity index (χ1v) is 12.1. The predicted octanol–water partition coefficient (Wildman–Crippen LogP) is 5.26. The molecule has 1 aromatic carbocycles. The Morgan fingerprint density at radius 1 is 1.18 bits per heavy atom. The third-order valence-electron chi connectivity index (χ3n) is 6.28. The number of amides is 1. The minimum absolute atomic E-state index is 0.0243. The first-order chi connectivity index (χ1) is 16.1. The highest BCUT2D eigenvalue weighted by atomic mass is 32.1. The molecule has 0 unspecified atom stereocenters. The molecule has 0 bridgehead atoms. The molecular weight excluding hydrogens is 442 g/mol. The van der Waals surface area contributed by atoms with E-state index in [1.54, 1.807) is 6.20 Å². The van der Waals surface area contributed by atoms with Crippen LogP contribution in [0.2, 0.25) is 0 Å². The summed E-state index contributed by atoms with van der Waals surface area (Å²) in [6.45, 7) is 11.1. The Morgan fingerprint density at radius 3 is 2.65 bits per heavy atom. The van der Waals surface area contributed by atoms with Gasteiger partial charge in [-0.15, -0.1) is 0 Å². The second-order valence-corrected chi connectivity index (χ2v) is 10.3. The molecule has 0 spiro atoms. The summed E-state index contributed by atoms with van der Waals surface area (Å²) in [5.74, 6) is -0.0243. The number of nitrogens with zero attached hydrogens (tertiary/aromatic N) is 3. The Bertz CT molecular complexity index is 1180. The van der Waals surface area contributed by atoms with Gasteiger partial charge in [0.05, 0.1) is 17.8 Å². The summed E-state index contributed by atoms with van der Waals surface area (Å²) in [5, 5.41) is 7.17. The predicted molar refractivity (Wildman–Crippen MR) is 141 cm³/mol. The van der Waals surface area contributed by atoms with E-state index in [-0.39, 0.29) is 23.5 Å². The summed E-state index contributed by atoms with van der Waals surface area (Å²) in [7, 11) is 0. The maximum absolute atomic E-state index is 12.9. The van der Waals surface area contributed by atoms with Crippen molar-refractivity contribution in [3.05, 3.63) is 83.4 Å². The molecule has 4 rings (SSSR count). The number of rotatable bonds is 6. The largest absolute Gasteiger partial charge is 0.352 e. The van der Waals surface area contributed by atoms with Gasteiger partial charge < -0.3 is 20.1 Å². The maximum Gasteiger partial charge on any atom is 0.226 e. The van der Waals surface area contributed by atoms with Gasteiger partial charge in [0.2, 0.25) is 5.91 Å². The molecule has 34 heavy (non-hydrogen) atoms. The van der Waals surface area contributed by atoms with Crippen molar-refractivity contribution in [2.24, 2.45) is 0 Å². The highest BCUT2D eigenvalue weighted by molar-refractivity contribution is 7.80. The lowest BCUT2D eigenvalue weighted by Crippen LogP contribution is -2.32. The Morgan fingerprint density at radius 2 is 1.97 bits per heavy atom. The zero-order chi connectivity index (χ0) is 24.5. The van der Waals surface area contributed by atoms with Crippen molar-refractivity contribution >= 4 is 28.9 Å². The molecule has 2 N–H and O–H groups in total. The zero-order valence-electron chi connectivity index (χ0n) is 20.5. The van der Waals surface area contributed by atoms with Gasteiger partial charge in [0.1, 0.15) is 0 Å². The van der Waals surface area contributed by atoms with Crippen LogP contribution in [0.1, 0.15) is 61.7 Å². The van der Waals surface area contributed by atoms with Gasteiger partial charge in [-0.2, -0.15) is 0 Å². The molecule has 178 valence electrons. The van der Waals surface area contributed by atoms with E-state index < -0.39 is 0 Å². The molecular formula is C27H33N5OS. The molecule has 1 aliphatic heterocycles. The standard InChI is InChI=1S/C27H33N5OS/c1-18-9-10-19(2)22(16-18)29-23(33)12-15-32-25(20-11-14-31(17-20)27(3,4)5)24(30-26(32)34)21-8-6-7-13-28-21/h6-11,13-14,16-17,24-25H,12,15H2,1-5H3,(H,29,33)(H,30,34)/t24-,25+/m1/s1. The monoisotopic (exact) mass is 475 g/mol. The van der Waals surface area contributed by atoms with Gasteiger partial charge in [0.15, 0.2) is 5.11 Å². The molecule has 6 nitrogen and oxygen atoms in total. The fourth-order valence-electron chi connectivity index (χ4n) is 4.32. The first kappa shape index (κ1) is 24.0. The summed E-state index contributed by atoms with van der Waals surface area (Å²) in [6, 6.07) is 14.0. The van der Waals surface area contributed by atoms with Crippen molar-refractivity contribution in [2.75, 3.05) is 11.9 Å². The number of benzene rings is 1. The average Bonchev–Trinajstić information content (AvgIpc) is 3.40. The number of hydrogen-bond acceptors (Lipinski definition) is 3. The molecule has 1 fully saturated rings. The van der Waals surface area contributed by atoms with E-state index >= 15 is 0 Å². The molecule has 0 saturated carbocycles. The molecule has 1 saturated heterocycles. The highest BCUT2D eigenvalue weighted by Gasteiger charge is 2.40. The van der Waals surface area contributed by atoms with E-state index in [0.717, 1.165) is 28.1 Å². The van der Waals surface area contributed by atoms with Gasteiger partial charge >= 0.3 is 0 Å². The minimum Gasteiger partial charge on any atom is -0.352 e. The topological polar surface area (TPSA) is 62.2 Å². The number of anilines is 1. The zero-order valence-corrected chi connectivity index (χ0v) is 21.3. The summed E-state index contributed by atoms with van der Waals surface area (Å²) >= 11 is 5.74. The van der Waals surface area contributed by atoms with E-state index in [0.29, 0.717) is 18.1 Å². The second kappa shape index (κ2) is 9.58. The SMILES string of the molecule is Cc1ccc(C)c(NC(=O)CCN2C(=S)N[C@H](c3ccccn3)[C@@H]2c2ccn(C(C)(C)C)c2)c1. The van der Waals surface area contributed by atoms with Crippen LogP contribution in [0.3, 0.4) is 0 Å². The number of aromatic nitrogens is 2. The van der Waals surface area contributed by atoms with Gasteiger partial charge in [-0.1, -0.05) is 18.2 Å². The van der Waals surface area contributed by atoms with Crippen LogP contribution in [-0.4, -0.2) is 32.0 Å². The Kier molecular flexibility index (Phi) is 6.75. The van der Waals surface area contributed by atoms with E-state index in [2.05, 4.69) is 64.3 Å². The molecule has 1 aliphatic rings. The maximum atomic E-state index is 12.9. The van der Waals surface area contributed by atoms with Crippen LogP contribution >= 0.6 is 12.2 Å². The van der Waals surface area contributed by atoms with Crippen LogP contribution in [0, 0.1) is 13.8 Å². The van der Waals surface area contributed by atoms with E-state index in [1.165, 1.54) is 0 Å². The van der Waals surface area contributed by atoms with Crippen molar-refractivity contribution in [3.63, 3.8) is 0 Å². The van der Waals surface area contributed by atoms with Crippen molar-refractivity contribution in [2.45, 2.75) is 58.7 Å². The lowest BCUT2D eigenvalue weighted by Gasteiger charge is -2.27. The van der Waals surface area contributed by atoms with Crippen LogP contribution in [-0.2, 0) is 10.3 Å². The van der Waals surface area contributed by atoms with Crippen LogP contribution in [0.25, 0.3) is 0 Å². The third kappa shape index (κ3) is 5.14. The summed E-state index contributed by atoms with van der Waals surface area (Å²) in [6.07, 6.45) is 6.43. The Balaban J connectivity index is 1.56. The van der Waals surface area contributed by atoms with Crippen LogP contribution in [0.15, 0.2) is 61.1 Å². The average molecular weight is 476 g/mol. The highest BCUT2D eigenvalue weighted by Crippen LogP contribution is 2.39. The van der Waals surface area contributed by atoms with Crippen molar-refractivity contribution in [1.82, 2.24) is 19.8 Å². The van der Waals surface area contributed by atoms with Gasteiger partial charge in [-0.3, -0.25) is 9.78 Å². The number of thiocarbonyl (C=S) groups is 1. The number of carbonyl (C=O) groups is 1. The van der Waals surface area contributed by atoms with Crippen molar-refractivity contribution < 1.29 is 4.79 Å². The smallest absolute Gasteiger partial charge is 0.226 e. The number of aryl methyl sites for hydroxylation is 2. The van der Waals surface area contributed by atoms with E-state index in [1.807, 2.05) is 50.2 Å². The lowest BCUT2D eigenvalue weighted by atomic mass is 9.99. The third-order valence-corrected chi connectivity index (χ3v) is 6.63. The number of carbonyl (C=O) groups excluding carboxylic acids is 1. The number of pyridine rings is 1. The first-order valence-electron chi connectivity index (χ1n) is 11.7. The van der Waals surface area contributed by atoms with Crippen LogP contribution < -0.4 is 10.6 Å². The van der Waals surface area contributed by atoms with Crippen LogP contribution in [0.5, 0.6) is 0 Å². The number of hydrogen-bond donors (Lipinski definition) is 2. The fraction of sp³-hybridized carbons (Fsp3) is 0.370. The van der Waals surface area contributed by atoms with Crippen LogP contribution in [0.4, 0.5) is 5.69 Å². The molecule has 3 aromatic rings. The Hall–Kier alpha value is -3.19. The van der Waals surface area contributed by atoms with Gasteiger partial charge in [-0.25, -0.2) is 0 Å². The summed E-state index contributed by atoms with van der Waals surface area (Å²) in [5.41, 5.74) is 5.08. The molecule has 7 heteroatoms. The minimum atomic E-state index is -0.0911. The van der Waals surface area contributed by atoms with Gasteiger partial charge in [0, 0.05) is 42.8 Å². The quantitative estimate of drug-likeness (QED) is 0.477. The molecule has 3 heterocycles. The van der Waals surface area contributed by atoms with Gasteiger partial charge in [0.25, 0.3) is 0 Å². The van der Waals surface area contributed by atoms with Crippen molar-refractivity contribution in [3.8, 4) is 0 Å². The second-order valence-electron chi connectivity index (χ2n) is 9.96. The van der Waals surface area contributed by atoms with Gasteiger partial charge in [-0.05, 0) is 87.8 Å². The lowest BCUT2D eigenvalue weighted by molar-refractivity contribution is -0.116. The summed E-state index contributed by atoms with van der Waals surface area (Å²) < 4.78 is 2.21. The van der Waals surface area contributed by atoms with Crippen molar-refractivity contribution in [1.29, 1.82) is 0 Å². The van der Waals surface area contributed by atoms with E-state index in [9.17, 15) is 4.79 Å². The molecule has 0 aliphatic carbocycles. The molecule has 0 radical (unpaired) electrons. The molecule has 2 atom stereocenters. The molecule has 1 amide bonds.